The number of hydrogen-bond donors (Lipinski definition) is 2. The average Bonchev–Trinajstić information content (AvgIpc) is 3.74. The Kier molecular flexibility index (Phi) is 8.83. The molecule has 5 rings (SSSR count). The molecule has 0 saturated carbocycles. The van der Waals surface area contributed by atoms with E-state index in [2.05, 4.69) is 24.9 Å². The predicted octanol–water partition coefficient (Wildman–Crippen LogP) is 4.75. The molecule has 1 aliphatic heterocycles. The topological polar surface area (TPSA) is 125 Å². The molecule has 0 spiro atoms. The van der Waals surface area contributed by atoms with Gasteiger partial charge >= 0.3 is 12.1 Å². The smallest absolute Gasteiger partial charge is 0.449 e. The molecule has 1 fully saturated rings. The quantitative estimate of drug-likeness (QED) is 0.236. The summed E-state index contributed by atoms with van der Waals surface area (Å²) in [6, 6.07) is 10.1. The lowest BCUT2D eigenvalue weighted by Gasteiger charge is -2.28. The van der Waals surface area contributed by atoms with Gasteiger partial charge in [-0.3, -0.25) is 14.0 Å². The second kappa shape index (κ2) is 12.3. The van der Waals surface area contributed by atoms with E-state index in [-0.39, 0.29) is 16.3 Å². The number of rotatable bonds is 10. The minimum absolute atomic E-state index is 0.267. The van der Waals surface area contributed by atoms with E-state index in [9.17, 15) is 31.2 Å². The summed E-state index contributed by atoms with van der Waals surface area (Å²) < 4.78 is 69.5. The summed E-state index contributed by atoms with van der Waals surface area (Å²) in [5.74, 6) is -3.19. The van der Waals surface area contributed by atoms with Crippen molar-refractivity contribution in [3.63, 3.8) is 0 Å². The van der Waals surface area contributed by atoms with Crippen molar-refractivity contribution in [2.24, 2.45) is 0 Å². The zero-order valence-corrected chi connectivity index (χ0v) is 25.5. The summed E-state index contributed by atoms with van der Waals surface area (Å²) in [5, 5.41) is 5.90. The number of halogens is 3. The van der Waals surface area contributed by atoms with Gasteiger partial charge in [-0.05, 0) is 43.8 Å². The van der Waals surface area contributed by atoms with E-state index in [0.717, 1.165) is 21.0 Å². The van der Waals surface area contributed by atoms with Crippen molar-refractivity contribution in [2.45, 2.75) is 49.3 Å². The molecule has 0 radical (unpaired) electrons. The molecule has 0 bridgehead atoms. The van der Waals surface area contributed by atoms with Crippen LogP contribution in [0.25, 0.3) is 21.6 Å². The van der Waals surface area contributed by atoms with Crippen molar-refractivity contribution in [3.05, 3.63) is 52.9 Å². The lowest BCUT2D eigenvalue weighted by Crippen LogP contribution is -2.40. The van der Waals surface area contributed by atoms with Crippen LogP contribution >= 0.6 is 22.7 Å². The summed E-state index contributed by atoms with van der Waals surface area (Å²) in [5.41, 5.74) is 1.97. The largest absolute Gasteiger partial charge is 0.490 e. The van der Waals surface area contributed by atoms with Gasteiger partial charge in [0.2, 0.25) is 0 Å². The number of hydrogen-bond acceptors (Lipinski definition) is 9. The number of carbonyl (C=O) groups excluding carboxylic acids is 2. The Morgan fingerprint density at radius 1 is 1.26 bits per heavy atom. The maximum atomic E-state index is 13.5. The first-order valence-corrected chi connectivity index (χ1v) is 16.4. The van der Waals surface area contributed by atoms with Gasteiger partial charge in [-0.1, -0.05) is 18.2 Å². The first-order chi connectivity index (χ1) is 20.3. The molecular formula is C27H28F3N5O5S3. The number of anilines is 1. The molecule has 1 atom stereocenters. The van der Waals surface area contributed by atoms with E-state index in [1.807, 2.05) is 32.0 Å². The van der Waals surface area contributed by atoms with Crippen LogP contribution in [-0.2, 0) is 30.9 Å². The summed E-state index contributed by atoms with van der Waals surface area (Å²) in [6.07, 6.45) is -2.79. The number of H-pyrrole nitrogens is 1. The highest BCUT2D eigenvalue weighted by molar-refractivity contribution is 7.94. The molecule has 0 aliphatic carbocycles. The number of alkyl halides is 3. The molecular weight excluding hydrogens is 628 g/mol. The van der Waals surface area contributed by atoms with E-state index in [1.165, 1.54) is 27.0 Å². The number of ether oxygens (including phenoxy) is 1. The number of amides is 1. The minimum Gasteiger partial charge on any atom is -0.449 e. The number of esters is 1. The standard InChI is InChI=1S/C27H28F3N5O5S3/c1-16(2)35(43(38,39)23-7-4-10-41-23)21-6-3-5-17-11-20(33-24(17)21)25-31-12-19(42-25)14-34-9-8-18(13-34)32-22(36)15-40-26(37)27(28,29)30/h3-7,10-12,16,18,33H,8-9,13-15H2,1-2H3,(H,32,36). The highest BCUT2D eigenvalue weighted by Crippen LogP contribution is 2.36. The average molecular weight is 656 g/mol. The zero-order chi connectivity index (χ0) is 30.9. The molecule has 1 saturated heterocycles. The van der Waals surface area contributed by atoms with Gasteiger partial charge in [0, 0.05) is 48.2 Å². The monoisotopic (exact) mass is 655 g/mol. The number of thiophene rings is 1. The first kappa shape index (κ1) is 31.0. The van der Waals surface area contributed by atoms with Gasteiger partial charge in [0.15, 0.2) is 6.61 Å². The molecule has 230 valence electrons. The summed E-state index contributed by atoms with van der Waals surface area (Å²) in [7, 11) is -3.77. The van der Waals surface area contributed by atoms with Gasteiger partial charge in [0.25, 0.3) is 15.9 Å². The zero-order valence-electron chi connectivity index (χ0n) is 23.1. The van der Waals surface area contributed by atoms with Crippen LogP contribution in [0, 0.1) is 0 Å². The highest BCUT2D eigenvalue weighted by atomic mass is 32.2. The van der Waals surface area contributed by atoms with Gasteiger partial charge in [-0.25, -0.2) is 18.2 Å². The molecule has 16 heteroatoms. The SMILES string of the molecule is CC(C)N(c1cccc2cc(-c3ncc(CN4CCC(NC(=O)COC(=O)C(F)(F)F)C4)s3)[nH]c12)S(=O)(=O)c1cccs1. The number of thiazole rings is 1. The maximum Gasteiger partial charge on any atom is 0.490 e. The summed E-state index contributed by atoms with van der Waals surface area (Å²) in [4.78, 5) is 33.7. The van der Waals surface area contributed by atoms with Crippen LogP contribution in [0.2, 0.25) is 0 Å². The number of nitrogens with one attached hydrogen (secondary N) is 2. The number of likely N-dealkylation sites (tertiary alicyclic amines) is 1. The fourth-order valence-corrected chi connectivity index (χ4v) is 8.61. The van der Waals surface area contributed by atoms with Crippen LogP contribution in [0.4, 0.5) is 18.9 Å². The second-order valence-corrected chi connectivity index (χ2v) is 14.3. The molecule has 2 N–H and O–H groups in total. The fraction of sp³-hybridized carbons (Fsp3) is 0.370. The van der Waals surface area contributed by atoms with E-state index in [0.29, 0.717) is 37.3 Å². The first-order valence-electron chi connectivity index (χ1n) is 13.2. The van der Waals surface area contributed by atoms with Crippen LogP contribution in [-0.4, -0.2) is 73.1 Å². The summed E-state index contributed by atoms with van der Waals surface area (Å²) >= 11 is 2.65. The number of benzene rings is 1. The third kappa shape index (κ3) is 6.87. The fourth-order valence-electron chi connectivity index (χ4n) is 4.93. The van der Waals surface area contributed by atoms with Gasteiger partial charge in [-0.2, -0.15) is 13.2 Å². The number of sulfonamides is 1. The van der Waals surface area contributed by atoms with Gasteiger partial charge in [-0.15, -0.1) is 22.7 Å². The number of fused-ring (bicyclic) bond motifs is 1. The predicted molar refractivity (Wildman–Crippen MR) is 157 cm³/mol. The van der Waals surface area contributed by atoms with Crippen LogP contribution in [0.3, 0.4) is 0 Å². The third-order valence-corrected chi connectivity index (χ3v) is 11.1. The number of nitrogens with zero attached hydrogens (tertiary/aromatic N) is 3. The molecule has 1 amide bonds. The Balaban J connectivity index is 1.25. The Labute approximate surface area is 253 Å². The number of carbonyl (C=O) groups is 2. The van der Waals surface area contributed by atoms with Crippen molar-refractivity contribution >= 4 is 61.2 Å². The minimum atomic E-state index is -5.15. The molecule has 43 heavy (non-hydrogen) atoms. The lowest BCUT2D eigenvalue weighted by molar-refractivity contribution is -0.200. The van der Waals surface area contributed by atoms with E-state index in [1.54, 1.807) is 29.8 Å². The van der Waals surface area contributed by atoms with Gasteiger partial charge < -0.3 is 15.0 Å². The second-order valence-electron chi connectivity index (χ2n) is 10.2. The molecule has 4 aromatic rings. The van der Waals surface area contributed by atoms with Crippen molar-refractivity contribution in [2.75, 3.05) is 24.0 Å². The number of aromatic amines is 1. The van der Waals surface area contributed by atoms with E-state index in [4.69, 9.17) is 0 Å². The van der Waals surface area contributed by atoms with Crippen LogP contribution < -0.4 is 9.62 Å². The highest BCUT2D eigenvalue weighted by Gasteiger charge is 2.41. The lowest BCUT2D eigenvalue weighted by atomic mass is 10.2. The number of para-hydroxylation sites is 1. The Morgan fingerprint density at radius 2 is 2.05 bits per heavy atom. The van der Waals surface area contributed by atoms with Crippen LogP contribution in [0.5, 0.6) is 0 Å². The number of aromatic nitrogens is 2. The van der Waals surface area contributed by atoms with E-state index < -0.39 is 34.7 Å². The molecule has 1 unspecified atom stereocenters. The van der Waals surface area contributed by atoms with Crippen molar-refractivity contribution in [1.82, 2.24) is 20.2 Å². The van der Waals surface area contributed by atoms with Crippen molar-refractivity contribution < 1.29 is 35.9 Å². The van der Waals surface area contributed by atoms with Gasteiger partial charge in [0.05, 0.1) is 16.9 Å². The molecule has 4 heterocycles. The summed E-state index contributed by atoms with van der Waals surface area (Å²) in [6.45, 7) is 4.36. The molecule has 1 aliphatic rings. The third-order valence-electron chi connectivity index (χ3n) is 6.72. The van der Waals surface area contributed by atoms with Crippen LogP contribution in [0.15, 0.2) is 52.2 Å². The maximum absolute atomic E-state index is 13.5. The van der Waals surface area contributed by atoms with Crippen molar-refractivity contribution in [3.8, 4) is 10.7 Å². The van der Waals surface area contributed by atoms with Gasteiger partial charge in [0.1, 0.15) is 9.22 Å². The molecule has 3 aromatic heterocycles. The van der Waals surface area contributed by atoms with Crippen LogP contribution in [0.1, 0.15) is 25.1 Å². The van der Waals surface area contributed by atoms with Crippen molar-refractivity contribution in [1.29, 1.82) is 0 Å². The van der Waals surface area contributed by atoms with E-state index >= 15 is 0 Å². The molecule has 10 nitrogen and oxygen atoms in total. The molecule has 1 aromatic carbocycles. The Hall–Kier alpha value is -3.47. The normalized spacial score (nSPS) is 16.2. The Morgan fingerprint density at radius 3 is 2.74 bits per heavy atom. The Bertz CT molecular complexity index is 1720.